The highest BCUT2D eigenvalue weighted by molar-refractivity contribution is 5.69. The summed E-state index contributed by atoms with van der Waals surface area (Å²) >= 11 is 0. The number of nitrogens with one attached hydrogen (secondary N) is 2. The van der Waals surface area contributed by atoms with Gasteiger partial charge in [0, 0.05) is 12.6 Å². The first kappa shape index (κ1) is 13.4. The summed E-state index contributed by atoms with van der Waals surface area (Å²) in [5, 5.41) is 3.33. The van der Waals surface area contributed by atoms with Crippen LogP contribution in [0.2, 0.25) is 0 Å². The van der Waals surface area contributed by atoms with Crippen molar-refractivity contribution >= 4 is 5.97 Å². The summed E-state index contributed by atoms with van der Waals surface area (Å²) in [7, 11) is 0. The van der Waals surface area contributed by atoms with Crippen molar-refractivity contribution in [3.63, 3.8) is 0 Å². The first-order chi connectivity index (χ1) is 7.77. The maximum absolute atomic E-state index is 11.1. The van der Waals surface area contributed by atoms with Gasteiger partial charge in [0.2, 0.25) is 0 Å². The fraction of sp³-hybridized carbons (Fsp3) is 0.900. The molecule has 0 saturated carbocycles. The van der Waals surface area contributed by atoms with Gasteiger partial charge in [-0.3, -0.25) is 9.69 Å². The number of nitrogens with zero attached hydrogens (tertiary/aromatic N) is 1. The number of hydrogen-bond acceptors (Lipinski definition) is 6. The van der Waals surface area contributed by atoms with E-state index >= 15 is 0 Å². The number of hydrogen-bond donors (Lipinski definition) is 3. The van der Waals surface area contributed by atoms with Gasteiger partial charge in [-0.2, -0.15) is 0 Å². The van der Waals surface area contributed by atoms with Crippen LogP contribution in [-0.2, 0) is 9.63 Å². The molecule has 0 spiro atoms. The van der Waals surface area contributed by atoms with E-state index in [0.29, 0.717) is 12.5 Å². The Morgan fingerprint density at radius 3 is 2.81 bits per heavy atom. The van der Waals surface area contributed by atoms with Crippen LogP contribution in [0, 0.1) is 0 Å². The first-order valence-electron chi connectivity index (χ1n) is 5.88. The Labute approximate surface area is 96.4 Å². The molecule has 6 heteroatoms. The van der Waals surface area contributed by atoms with Crippen molar-refractivity contribution < 1.29 is 9.63 Å². The molecule has 0 aromatic carbocycles. The Balaban J connectivity index is 2.27. The zero-order valence-corrected chi connectivity index (χ0v) is 9.87. The lowest BCUT2D eigenvalue weighted by atomic mass is 10.0. The van der Waals surface area contributed by atoms with Gasteiger partial charge in [-0.15, -0.1) is 0 Å². The van der Waals surface area contributed by atoms with E-state index in [4.69, 9.17) is 5.84 Å². The highest BCUT2D eigenvalue weighted by Gasteiger charge is 2.20. The number of carbonyl (C=O) groups is 1. The molecule has 6 nitrogen and oxygen atoms in total. The molecule has 1 aliphatic heterocycles. The second-order valence-electron chi connectivity index (χ2n) is 3.95. The maximum atomic E-state index is 11.1. The van der Waals surface area contributed by atoms with Gasteiger partial charge in [0.05, 0.1) is 6.42 Å². The number of nitrogens with two attached hydrogens (primary N) is 1. The van der Waals surface area contributed by atoms with Crippen LogP contribution in [0.25, 0.3) is 0 Å². The van der Waals surface area contributed by atoms with E-state index < -0.39 is 0 Å². The van der Waals surface area contributed by atoms with Crippen molar-refractivity contribution in [2.24, 2.45) is 5.84 Å². The van der Waals surface area contributed by atoms with Crippen molar-refractivity contribution in [3.05, 3.63) is 0 Å². The van der Waals surface area contributed by atoms with Crippen LogP contribution >= 0.6 is 0 Å². The van der Waals surface area contributed by atoms with Gasteiger partial charge < -0.3 is 10.2 Å². The average molecular weight is 230 g/mol. The summed E-state index contributed by atoms with van der Waals surface area (Å²) in [6.07, 6.45) is 2.68. The lowest BCUT2D eigenvalue weighted by Crippen LogP contribution is -2.44. The highest BCUT2D eigenvalue weighted by Crippen LogP contribution is 2.11. The van der Waals surface area contributed by atoms with Crippen molar-refractivity contribution in [2.75, 3.05) is 26.2 Å². The van der Waals surface area contributed by atoms with E-state index in [1.165, 1.54) is 0 Å². The normalized spacial score (nSPS) is 17.7. The summed E-state index contributed by atoms with van der Waals surface area (Å²) in [6.45, 7) is 5.95. The zero-order valence-electron chi connectivity index (χ0n) is 9.87. The van der Waals surface area contributed by atoms with Gasteiger partial charge in [0.15, 0.2) is 0 Å². The third-order valence-corrected chi connectivity index (χ3v) is 3.01. The Morgan fingerprint density at radius 2 is 2.25 bits per heavy atom. The summed E-state index contributed by atoms with van der Waals surface area (Å²) < 4.78 is 0. The largest absolute Gasteiger partial charge is 0.356 e. The standard InChI is InChI=1S/C10H22N4O2/c1-2-14(8-5-10(15)16-13-11)9-3-6-12-7-4-9/h9,12-13H,2-8,11H2,1H3. The fourth-order valence-corrected chi connectivity index (χ4v) is 2.12. The van der Waals surface area contributed by atoms with Gasteiger partial charge in [0.1, 0.15) is 0 Å². The molecule has 0 radical (unpaired) electrons. The lowest BCUT2D eigenvalue weighted by Gasteiger charge is -2.33. The molecule has 4 N–H and O–H groups in total. The second kappa shape index (κ2) is 7.56. The van der Waals surface area contributed by atoms with Crippen LogP contribution in [0.1, 0.15) is 26.2 Å². The van der Waals surface area contributed by atoms with Gasteiger partial charge in [0.25, 0.3) is 0 Å². The summed E-state index contributed by atoms with van der Waals surface area (Å²) in [5.74, 6) is 4.59. The fourth-order valence-electron chi connectivity index (χ4n) is 2.12. The van der Waals surface area contributed by atoms with Crippen LogP contribution in [0.4, 0.5) is 0 Å². The molecule has 0 aromatic heterocycles. The van der Waals surface area contributed by atoms with Gasteiger partial charge >= 0.3 is 5.97 Å². The highest BCUT2D eigenvalue weighted by atomic mass is 16.7. The molecule has 0 bridgehead atoms. The molecular formula is C10H22N4O2. The third-order valence-electron chi connectivity index (χ3n) is 3.01. The average Bonchev–Trinajstić information content (AvgIpc) is 2.31. The van der Waals surface area contributed by atoms with Crippen molar-refractivity contribution in [1.82, 2.24) is 15.8 Å². The van der Waals surface area contributed by atoms with Crippen molar-refractivity contribution in [2.45, 2.75) is 32.2 Å². The van der Waals surface area contributed by atoms with Gasteiger partial charge in [-0.05, 0) is 32.5 Å². The van der Waals surface area contributed by atoms with Gasteiger partial charge in [-0.25, -0.2) is 5.84 Å². The topological polar surface area (TPSA) is 79.6 Å². The van der Waals surface area contributed by atoms with Crippen LogP contribution in [0.5, 0.6) is 0 Å². The number of carbonyl (C=O) groups excluding carboxylic acids is 1. The minimum Gasteiger partial charge on any atom is -0.356 e. The molecule has 1 fully saturated rings. The Bertz CT molecular complexity index is 207. The molecule has 0 aliphatic carbocycles. The van der Waals surface area contributed by atoms with E-state index in [2.05, 4.69) is 22.0 Å². The Hall–Kier alpha value is -0.690. The maximum Gasteiger partial charge on any atom is 0.327 e. The molecule has 0 atom stereocenters. The third kappa shape index (κ3) is 4.44. The van der Waals surface area contributed by atoms with Crippen molar-refractivity contribution in [3.8, 4) is 0 Å². The minimum absolute atomic E-state index is 0.310. The Kier molecular flexibility index (Phi) is 6.32. The van der Waals surface area contributed by atoms with E-state index in [-0.39, 0.29) is 5.97 Å². The minimum atomic E-state index is -0.310. The molecular weight excluding hydrogens is 208 g/mol. The van der Waals surface area contributed by atoms with E-state index in [9.17, 15) is 4.79 Å². The Morgan fingerprint density at radius 1 is 1.56 bits per heavy atom. The molecule has 16 heavy (non-hydrogen) atoms. The monoisotopic (exact) mass is 230 g/mol. The van der Waals surface area contributed by atoms with Crippen LogP contribution in [0.3, 0.4) is 0 Å². The molecule has 0 amide bonds. The molecule has 1 aliphatic rings. The summed E-state index contributed by atoms with van der Waals surface area (Å²) in [5.41, 5.74) is 1.91. The van der Waals surface area contributed by atoms with E-state index in [0.717, 1.165) is 39.0 Å². The molecule has 0 unspecified atom stereocenters. The lowest BCUT2D eigenvalue weighted by molar-refractivity contribution is -0.151. The smallest absolute Gasteiger partial charge is 0.327 e. The predicted octanol–water partition coefficient (Wildman–Crippen LogP) is -0.628. The summed E-state index contributed by atoms with van der Waals surface area (Å²) in [6, 6.07) is 0.588. The summed E-state index contributed by atoms with van der Waals surface area (Å²) in [4.78, 5) is 17.9. The predicted molar refractivity (Wildman–Crippen MR) is 61.2 cm³/mol. The molecule has 94 valence electrons. The molecule has 1 heterocycles. The number of rotatable bonds is 6. The molecule has 0 aromatic rings. The van der Waals surface area contributed by atoms with E-state index in [1.54, 1.807) is 0 Å². The molecule has 1 rings (SSSR count). The quantitative estimate of drug-likeness (QED) is 0.416. The first-order valence-corrected chi connectivity index (χ1v) is 5.88. The van der Waals surface area contributed by atoms with Crippen molar-refractivity contribution in [1.29, 1.82) is 0 Å². The van der Waals surface area contributed by atoms with Gasteiger partial charge in [-0.1, -0.05) is 12.5 Å². The van der Waals surface area contributed by atoms with Crippen LogP contribution in [0.15, 0.2) is 0 Å². The number of piperidine rings is 1. The zero-order chi connectivity index (χ0) is 11.8. The van der Waals surface area contributed by atoms with Crippen LogP contribution in [-0.4, -0.2) is 43.1 Å². The second-order valence-corrected chi connectivity index (χ2v) is 3.95. The van der Waals surface area contributed by atoms with Crippen LogP contribution < -0.4 is 16.7 Å². The number of hydrazine groups is 1. The molecule has 1 saturated heterocycles. The SMILES string of the molecule is CCN(CCC(=O)ONN)C1CCNCC1. The van der Waals surface area contributed by atoms with E-state index in [1.807, 2.05) is 5.59 Å².